The van der Waals surface area contributed by atoms with Crippen molar-refractivity contribution < 1.29 is 19.1 Å². The Balaban J connectivity index is 1.50. The summed E-state index contributed by atoms with van der Waals surface area (Å²) in [5.41, 5.74) is 3.34. The van der Waals surface area contributed by atoms with Gasteiger partial charge >= 0.3 is 6.09 Å². The summed E-state index contributed by atoms with van der Waals surface area (Å²) in [6, 6.07) is 7.61. The molecule has 2 aromatic heterocycles. The largest absolute Gasteiger partial charge is 0.444 e. The van der Waals surface area contributed by atoms with Crippen LogP contribution in [0.15, 0.2) is 36.7 Å². The molecule has 42 heavy (non-hydrogen) atoms. The number of benzene rings is 1. The average Bonchev–Trinajstić information content (AvgIpc) is 3.43. The molecule has 1 aromatic carbocycles. The Hall–Kier alpha value is -4.35. The first kappa shape index (κ1) is 30.6. The highest BCUT2D eigenvalue weighted by Crippen LogP contribution is 2.34. The highest BCUT2D eigenvalue weighted by molar-refractivity contribution is 5.98. The van der Waals surface area contributed by atoms with Crippen molar-refractivity contribution in [2.75, 3.05) is 18.5 Å². The number of pyridine rings is 1. The molecule has 0 aliphatic carbocycles. The first-order valence-electron chi connectivity index (χ1n) is 14.0. The molecule has 0 saturated carbocycles. The summed E-state index contributed by atoms with van der Waals surface area (Å²) in [5.74, 6) is -0.409. The monoisotopic (exact) mass is 576 g/mol. The number of tetrazole rings is 1. The molecule has 224 valence electrons. The fourth-order valence-corrected chi connectivity index (χ4v) is 4.61. The molecule has 1 saturated heterocycles. The first-order valence-corrected chi connectivity index (χ1v) is 14.0. The molecule has 0 spiro atoms. The Kier molecular flexibility index (Phi) is 8.65. The van der Waals surface area contributed by atoms with Crippen LogP contribution in [0.3, 0.4) is 0 Å². The van der Waals surface area contributed by atoms with Gasteiger partial charge in [-0.05, 0) is 82.9 Å². The molecule has 1 aliphatic heterocycles. The van der Waals surface area contributed by atoms with E-state index in [9.17, 15) is 14.4 Å². The van der Waals surface area contributed by atoms with Gasteiger partial charge in [0.2, 0.25) is 5.91 Å². The Morgan fingerprint density at radius 1 is 1.14 bits per heavy atom. The molecule has 0 bridgehead atoms. The number of aryl methyl sites for hydroxylation is 1. The summed E-state index contributed by atoms with van der Waals surface area (Å²) in [5, 5.41) is 14.9. The van der Waals surface area contributed by atoms with E-state index >= 15 is 0 Å². The third-order valence-electron chi connectivity index (χ3n) is 7.02. The summed E-state index contributed by atoms with van der Waals surface area (Å²) in [4.78, 5) is 47.4. The third kappa shape index (κ3) is 7.10. The molecule has 4 rings (SSSR count). The minimum Gasteiger partial charge on any atom is -0.444 e. The van der Waals surface area contributed by atoms with Crippen molar-refractivity contribution in [3.05, 3.63) is 53.6 Å². The number of hydrogen-bond acceptors (Lipinski definition) is 8. The molecule has 1 atom stereocenters. The number of aromatic nitrogens is 5. The van der Waals surface area contributed by atoms with Crippen molar-refractivity contribution in [1.29, 1.82) is 0 Å². The maximum Gasteiger partial charge on any atom is 0.410 e. The number of carbonyl (C=O) groups excluding carboxylic acids is 3. The Bertz CT molecular complexity index is 1470. The van der Waals surface area contributed by atoms with E-state index in [4.69, 9.17) is 4.74 Å². The van der Waals surface area contributed by atoms with Gasteiger partial charge in [0, 0.05) is 38.3 Å². The smallest absolute Gasteiger partial charge is 0.410 e. The normalized spacial score (nSPS) is 15.9. The van der Waals surface area contributed by atoms with E-state index in [0.29, 0.717) is 31.6 Å². The Morgan fingerprint density at radius 2 is 1.88 bits per heavy atom. The van der Waals surface area contributed by atoms with Gasteiger partial charge in [0.15, 0.2) is 0 Å². The molecule has 0 radical (unpaired) electrons. The highest BCUT2D eigenvalue weighted by Gasteiger charge is 2.34. The van der Waals surface area contributed by atoms with Crippen LogP contribution in [0.2, 0.25) is 0 Å². The average molecular weight is 577 g/mol. The fraction of sp³-hybridized carbons (Fsp3) is 0.500. The van der Waals surface area contributed by atoms with E-state index in [-0.39, 0.29) is 23.3 Å². The van der Waals surface area contributed by atoms with E-state index in [1.54, 1.807) is 29.2 Å². The predicted molar refractivity (Wildman–Crippen MR) is 158 cm³/mol. The number of carbonyl (C=O) groups is 3. The van der Waals surface area contributed by atoms with Crippen LogP contribution in [-0.2, 0) is 21.6 Å². The molecule has 1 N–H and O–H groups in total. The van der Waals surface area contributed by atoms with Crippen LogP contribution in [-0.4, -0.2) is 73.2 Å². The number of likely N-dealkylation sites (N-methyl/N-ethyl adjacent to an activating group) is 1. The van der Waals surface area contributed by atoms with Crippen molar-refractivity contribution in [3.8, 4) is 11.1 Å². The van der Waals surface area contributed by atoms with Crippen molar-refractivity contribution in [3.63, 3.8) is 0 Å². The zero-order valence-corrected chi connectivity index (χ0v) is 25.6. The number of amides is 3. The van der Waals surface area contributed by atoms with Crippen LogP contribution in [0.5, 0.6) is 0 Å². The number of ether oxygens (including phenoxy) is 1. The summed E-state index contributed by atoms with van der Waals surface area (Å²) < 4.78 is 5.55. The van der Waals surface area contributed by atoms with Crippen molar-refractivity contribution in [1.82, 2.24) is 35.4 Å². The van der Waals surface area contributed by atoms with Crippen LogP contribution in [0, 0.1) is 6.92 Å². The van der Waals surface area contributed by atoms with E-state index in [1.165, 1.54) is 4.80 Å². The summed E-state index contributed by atoms with van der Waals surface area (Å²) in [6.07, 6.45) is 3.83. The van der Waals surface area contributed by atoms with Crippen molar-refractivity contribution in [2.45, 2.75) is 85.0 Å². The maximum absolute atomic E-state index is 13.1. The number of anilines is 1. The topological polar surface area (TPSA) is 135 Å². The number of nitrogens with one attached hydrogen (secondary N) is 1. The van der Waals surface area contributed by atoms with Crippen LogP contribution in [0.4, 0.5) is 10.5 Å². The van der Waals surface area contributed by atoms with E-state index in [0.717, 1.165) is 22.3 Å². The number of rotatable bonds is 6. The first-order chi connectivity index (χ1) is 19.6. The SMILES string of the molecule is Cc1cc(-c2ccncc2N2CC(N(C)C(=O)OC(C)(C)C)CCC2=O)ccc1CNC(=O)c1nnn(C(C)(C)C)n1. The van der Waals surface area contributed by atoms with Gasteiger partial charge < -0.3 is 19.9 Å². The quantitative estimate of drug-likeness (QED) is 0.464. The lowest BCUT2D eigenvalue weighted by molar-refractivity contribution is -0.120. The summed E-state index contributed by atoms with van der Waals surface area (Å²) in [7, 11) is 1.71. The highest BCUT2D eigenvalue weighted by atomic mass is 16.6. The minimum atomic E-state index is -0.609. The van der Waals surface area contributed by atoms with Gasteiger partial charge in [-0.1, -0.05) is 18.2 Å². The molecule has 12 nitrogen and oxygen atoms in total. The van der Waals surface area contributed by atoms with E-state index in [2.05, 4.69) is 25.7 Å². The second kappa shape index (κ2) is 11.9. The fourth-order valence-electron chi connectivity index (χ4n) is 4.61. The van der Waals surface area contributed by atoms with Gasteiger partial charge in [0.1, 0.15) is 5.60 Å². The summed E-state index contributed by atoms with van der Waals surface area (Å²) >= 11 is 0. The van der Waals surface area contributed by atoms with Gasteiger partial charge in [-0.2, -0.15) is 4.80 Å². The number of hydrogen-bond donors (Lipinski definition) is 1. The van der Waals surface area contributed by atoms with Gasteiger partial charge in [-0.3, -0.25) is 14.6 Å². The van der Waals surface area contributed by atoms with Gasteiger partial charge in [0.25, 0.3) is 11.7 Å². The Morgan fingerprint density at radius 3 is 2.52 bits per heavy atom. The molecule has 3 heterocycles. The lowest BCUT2D eigenvalue weighted by Gasteiger charge is -2.38. The lowest BCUT2D eigenvalue weighted by atomic mass is 9.97. The molecule has 12 heteroatoms. The van der Waals surface area contributed by atoms with Crippen molar-refractivity contribution in [2.24, 2.45) is 0 Å². The number of piperidine rings is 1. The van der Waals surface area contributed by atoms with Gasteiger partial charge in [-0.15, -0.1) is 10.2 Å². The second-order valence-electron chi connectivity index (χ2n) is 12.6. The molecule has 1 unspecified atom stereocenters. The molecular weight excluding hydrogens is 536 g/mol. The van der Waals surface area contributed by atoms with Crippen LogP contribution < -0.4 is 10.2 Å². The van der Waals surface area contributed by atoms with E-state index < -0.39 is 17.6 Å². The molecule has 3 amide bonds. The van der Waals surface area contributed by atoms with Crippen LogP contribution in [0.25, 0.3) is 11.1 Å². The van der Waals surface area contributed by atoms with Crippen molar-refractivity contribution >= 4 is 23.6 Å². The Labute approximate surface area is 246 Å². The number of nitrogens with zero attached hydrogens (tertiary/aromatic N) is 7. The standard InChI is InChI=1S/C30H40N8O4/c1-19-15-20(9-10-21(19)16-32-27(40)26-33-35-38(34-26)29(2,3)4)23-13-14-31-17-24(23)37-18-22(11-12-25(37)39)36(8)28(41)42-30(5,6)7/h9-10,13-15,17,22H,11-12,16,18H2,1-8H3,(H,32,40). The zero-order valence-electron chi connectivity index (χ0n) is 25.6. The van der Waals surface area contributed by atoms with Crippen LogP contribution >= 0.6 is 0 Å². The molecular formula is C30H40N8O4. The maximum atomic E-state index is 13.1. The third-order valence-corrected chi connectivity index (χ3v) is 7.02. The lowest BCUT2D eigenvalue weighted by Crippen LogP contribution is -2.51. The molecule has 1 fully saturated rings. The van der Waals surface area contributed by atoms with Crippen LogP contribution in [0.1, 0.15) is 76.1 Å². The zero-order chi connectivity index (χ0) is 30.8. The minimum absolute atomic E-state index is 0.0162. The second-order valence-corrected chi connectivity index (χ2v) is 12.6. The molecule has 1 aliphatic rings. The van der Waals surface area contributed by atoms with Gasteiger partial charge in [0.05, 0.1) is 23.5 Å². The van der Waals surface area contributed by atoms with E-state index in [1.807, 2.05) is 72.7 Å². The predicted octanol–water partition coefficient (Wildman–Crippen LogP) is 4.09. The van der Waals surface area contributed by atoms with Gasteiger partial charge in [-0.25, -0.2) is 4.79 Å². The summed E-state index contributed by atoms with van der Waals surface area (Å²) in [6.45, 7) is 13.9. The molecule has 3 aromatic rings.